The van der Waals surface area contributed by atoms with E-state index in [0.29, 0.717) is 32.2 Å². The molecule has 0 spiro atoms. The molecule has 0 aromatic heterocycles. The lowest BCUT2D eigenvalue weighted by molar-refractivity contribution is -0.140. The van der Waals surface area contributed by atoms with E-state index in [1.807, 2.05) is 19.1 Å². The molecule has 2 amide bonds. The number of nitrogens with zero attached hydrogens (tertiary/aromatic N) is 1. The summed E-state index contributed by atoms with van der Waals surface area (Å²) in [6.07, 6.45) is 6.06. The summed E-state index contributed by atoms with van der Waals surface area (Å²) in [6.45, 7) is 2.25. The summed E-state index contributed by atoms with van der Waals surface area (Å²) < 4.78 is 0. The first-order valence-corrected chi connectivity index (χ1v) is 6.33. The Kier molecular flexibility index (Phi) is 3.62. The van der Waals surface area contributed by atoms with E-state index in [9.17, 15) is 14.7 Å². The molecule has 1 heterocycles. The van der Waals surface area contributed by atoms with Gasteiger partial charge in [0.1, 0.15) is 0 Å². The van der Waals surface area contributed by atoms with Gasteiger partial charge in [-0.2, -0.15) is 0 Å². The van der Waals surface area contributed by atoms with Crippen LogP contribution in [0.15, 0.2) is 12.2 Å². The predicted octanol–water partition coefficient (Wildman–Crippen LogP) is 1.10. The van der Waals surface area contributed by atoms with Crippen LogP contribution in [0.2, 0.25) is 0 Å². The van der Waals surface area contributed by atoms with Crippen molar-refractivity contribution in [2.45, 2.75) is 38.7 Å². The first-order valence-electron chi connectivity index (χ1n) is 6.33. The van der Waals surface area contributed by atoms with Gasteiger partial charge in [-0.1, -0.05) is 19.1 Å². The smallest absolute Gasteiger partial charge is 0.233 e. The van der Waals surface area contributed by atoms with Gasteiger partial charge in [-0.15, -0.1) is 0 Å². The quantitative estimate of drug-likeness (QED) is 0.588. The molecule has 3 atom stereocenters. The van der Waals surface area contributed by atoms with E-state index in [2.05, 4.69) is 0 Å². The monoisotopic (exact) mass is 237 g/mol. The van der Waals surface area contributed by atoms with Crippen molar-refractivity contribution < 1.29 is 14.7 Å². The Balaban J connectivity index is 2.00. The van der Waals surface area contributed by atoms with Gasteiger partial charge in [0.15, 0.2) is 0 Å². The molecule has 0 saturated carbocycles. The van der Waals surface area contributed by atoms with Crippen molar-refractivity contribution in [1.29, 1.82) is 0 Å². The Morgan fingerprint density at radius 2 is 1.82 bits per heavy atom. The molecular weight excluding hydrogens is 218 g/mol. The maximum Gasteiger partial charge on any atom is 0.233 e. The zero-order valence-electron chi connectivity index (χ0n) is 10.1. The highest BCUT2D eigenvalue weighted by atomic mass is 16.3. The van der Waals surface area contributed by atoms with Gasteiger partial charge < -0.3 is 5.11 Å². The lowest BCUT2D eigenvalue weighted by Gasteiger charge is -2.16. The number of hydrogen-bond acceptors (Lipinski definition) is 3. The number of rotatable bonds is 4. The number of carbonyl (C=O) groups excluding carboxylic acids is 2. The Hall–Kier alpha value is -1.16. The highest BCUT2D eigenvalue weighted by Crippen LogP contribution is 2.35. The van der Waals surface area contributed by atoms with Crippen LogP contribution >= 0.6 is 0 Å². The van der Waals surface area contributed by atoms with Gasteiger partial charge in [0.25, 0.3) is 0 Å². The van der Waals surface area contributed by atoms with E-state index < -0.39 is 6.10 Å². The van der Waals surface area contributed by atoms with Gasteiger partial charge in [0, 0.05) is 6.54 Å². The minimum absolute atomic E-state index is 0.0485. The first-order chi connectivity index (χ1) is 8.15. The minimum atomic E-state index is -0.420. The van der Waals surface area contributed by atoms with Gasteiger partial charge in [-0.05, 0) is 25.7 Å². The highest BCUT2D eigenvalue weighted by Gasteiger charge is 2.46. The third-order valence-electron chi connectivity index (χ3n) is 3.76. The van der Waals surface area contributed by atoms with Gasteiger partial charge >= 0.3 is 0 Å². The Bertz CT molecular complexity index is 325. The maximum absolute atomic E-state index is 12.0. The number of amides is 2. The van der Waals surface area contributed by atoms with Crippen LogP contribution in [0.4, 0.5) is 0 Å². The largest absolute Gasteiger partial charge is 0.393 e. The van der Waals surface area contributed by atoms with Crippen LogP contribution in [0.25, 0.3) is 0 Å². The molecule has 1 unspecified atom stereocenters. The fourth-order valence-corrected chi connectivity index (χ4v) is 2.57. The highest BCUT2D eigenvalue weighted by molar-refractivity contribution is 6.05. The van der Waals surface area contributed by atoms with Crippen LogP contribution in [-0.4, -0.2) is 34.5 Å². The van der Waals surface area contributed by atoms with Gasteiger partial charge in [-0.25, -0.2) is 0 Å². The van der Waals surface area contributed by atoms with Crippen LogP contribution in [0.1, 0.15) is 32.6 Å². The molecule has 1 saturated heterocycles. The molecule has 4 nitrogen and oxygen atoms in total. The van der Waals surface area contributed by atoms with E-state index in [1.165, 1.54) is 4.90 Å². The summed E-state index contributed by atoms with van der Waals surface area (Å²) in [5.41, 5.74) is 0. The number of hydrogen-bond donors (Lipinski definition) is 1. The van der Waals surface area contributed by atoms with Crippen molar-refractivity contribution in [3.8, 4) is 0 Å². The van der Waals surface area contributed by atoms with Crippen molar-refractivity contribution in [3.63, 3.8) is 0 Å². The van der Waals surface area contributed by atoms with Crippen LogP contribution in [0, 0.1) is 11.8 Å². The number of likely N-dealkylation sites (tertiary alicyclic amines) is 1. The lowest BCUT2D eigenvalue weighted by atomic mass is 9.85. The average Bonchev–Trinajstić information content (AvgIpc) is 2.60. The van der Waals surface area contributed by atoms with Crippen molar-refractivity contribution >= 4 is 11.8 Å². The van der Waals surface area contributed by atoms with E-state index in [1.54, 1.807) is 0 Å². The SMILES string of the molecule is CCC(O)CCN1C(=O)[C@H]2CC=CC[C@H]2C1=O. The van der Waals surface area contributed by atoms with Crippen molar-refractivity contribution in [1.82, 2.24) is 4.90 Å². The normalized spacial score (nSPS) is 29.6. The average molecular weight is 237 g/mol. The fourth-order valence-electron chi connectivity index (χ4n) is 2.57. The first kappa shape index (κ1) is 12.3. The maximum atomic E-state index is 12.0. The third-order valence-corrected chi connectivity index (χ3v) is 3.76. The van der Waals surface area contributed by atoms with Gasteiger partial charge in [-0.3, -0.25) is 14.5 Å². The van der Waals surface area contributed by atoms with Gasteiger partial charge in [0.05, 0.1) is 17.9 Å². The zero-order chi connectivity index (χ0) is 12.4. The van der Waals surface area contributed by atoms with Crippen LogP contribution in [0.5, 0.6) is 0 Å². The molecule has 1 N–H and O–H groups in total. The second-order valence-electron chi connectivity index (χ2n) is 4.83. The fraction of sp³-hybridized carbons (Fsp3) is 0.692. The molecular formula is C13H19NO3. The summed E-state index contributed by atoms with van der Waals surface area (Å²) in [4.78, 5) is 25.4. The molecule has 1 fully saturated rings. The minimum Gasteiger partial charge on any atom is -0.393 e. The molecule has 0 aromatic carbocycles. The molecule has 17 heavy (non-hydrogen) atoms. The zero-order valence-corrected chi connectivity index (χ0v) is 10.1. The topological polar surface area (TPSA) is 57.6 Å². The second kappa shape index (κ2) is 5.00. The lowest BCUT2D eigenvalue weighted by Crippen LogP contribution is -2.33. The predicted molar refractivity (Wildman–Crippen MR) is 63.0 cm³/mol. The summed E-state index contributed by atoms with van der Waals surface area (Å²) >= 11 is 0. The molecule has 94 valence electrons. The van der Waals surface area contributed by atoms with E-state index in [-0.39, 0.29) is 23.7 Å². The van der Waals surface area contributed by atoms with E-state index >= 15 is 0 Å². The molecule has 0 aromatic rings. The Morgan fingerprint density at radius 1 is 1.29 bits per heavy atom. The summed E-state index contributed by atoms with van der Waals surface area (Å²) in [5.74, 6) is -0.391. The van der Waals surface area contributed by atoms with E-state index in [4.69, 9.17) is 0 Å². The summed E-state index contributed by atoms with van der Waals surface area (Å²) in [6, 6.07) is 0. The van der Waals surface area contributed by atoms with Crippen molar-refractivity contribution in [2.75, 3.05) is 6.54 Å². The summed E-state index contributed by atoms with van der Waals surface area (Å²) in [5, 5.41) is 9.49. The number of fused-ring (bicyclic) bond motifs is 1. The van der Waals surface area contributed by atoms with Crippen LogP contribution < -0.4 is 0 Å². The number of aliphatic hydroxyl groups excluding tert-OH is 1. The standard InChI is InChI=1S/C13H19NO3/c1-2-9(15)7-8-14-12(16)10-5-3-4-6-11(10)13(14)17/h3-4,9-11,15H,2,5-8H2,1H3/t9?,10-,11+. The molecule has 0 radical (unpaired) electrons. The Morgan fingerprint density at radius 3 is 2.29 bits per heavy atom. The van der Waals surface area contributed by atoms with Crippen molar-refractivity contribution in [2.24, 2.45) is 11.8 Å². The van der Waals surface area contributed by atoms with Gasteiger partial charge in [0.2, 0.25) is 11.8 Å². The molecule has 1 aliphatic carbocycles. The molecule has 2 rings (SSSR count). The molecule has 4 heteroatoms. The van der Waals surface area contributed by atoms with Crippen LogP contribution in [0.3, 0.4) is 0 Å². The molecule has 1 aliphatic heterocycles. The van der Waals surface area contributed by atoms with Crippen molar-refractivity contribution in [3.05, 3.63) is 12.2 Å². The second-order valence-corrected chi connectivity index (χ2v) is 4.83. The molecule has 2 aliphatic rings. The number of imide groups is 1. The Labute approximate surface area is 101 Å². The number of carbonyl (C=O) groups is 2. The summed E-state index contributed by atoms with van der Waals surface area (Å²) in [7, 11) is 0. The third kappa shape index (κ3) is 2.27. The molecule has 0 bridgehead atoms. The van der Waals surface area contributed by atoms with E-state index in [0.717, 1.165) is 0 Å². The number of allylic oxidation sites excluding steroid dienone is 2. The number of aliphatic hydroxyl groups is 1. The van der Waals surface area contributed by atoms with Crippen LogP contribution in [-0.2, 0) is 9.59 Å².